The minimum atomic E-state index is -0.309. The van der Waals surface area contributed by atoms with Crippen molar-refractivity contribution < 1.29 is 19.0 Å². The van der Waals surface area contributed by atoms with Crippen LogP contribution in [0.4, 0.5) is 5.69 Å². The van der Waals surface area contributed by atoms with Crippen LogP contribution in [0, 0.1) is 5.92 Å². The number of carbonyl (C=O) groups excluding carboxylic acids is 1. The molecule has 1 unspecified atom stereocenters. The molecule has 2 aromatic carbocycles. The molecule has 0 radical (unpaired) electrons. The Morgan fingerprint density at radius 3 is 2.82 bits per heavy atom. The quantitative estimate of drug-likeness (QED) is 0.568. The predicted octanol–water partition coefficient (Wildman–Crippen LogP) is 3.23. The number of fused-ring (bicyclic) bond motifs is 1. The first-order valence-corrected chi connectivity index (χ1v) is 10.9. The molecule has 2 heterocycles. The van der Waals surface area contributed by atoms with Gasteiger partial charge in [0.1, 0.15) is 30.5 Å². The highest BCUT2D eigenvalue weighted by atomic mass is 16.5. The molecule has 1 aliphatic heterocycles. The number of nitrogens with one attached hydrogen (secondary N) is 1. The van der Waals surface area contributed by atoms with Gasteiger partial charge in [-0.15, -0.1) is 0 Å². The highest BCUT2D eigenvalue weighted by molar-refractivity contribution is 5.95. The van der Waals surface area contributed by atoms with Crippen LogP contribution in [0.3, 0.4) is 0 Å². The van der Waals surface area contributed by atoms with E-state index >= 15 is 0 Å². The third-order valence-corrected chi connectivity index (χ3v) is 5.70. The van der Waals surface area contributed by atoms with E-state index in [1.807, 2.05) is 73.2 Å². The minimum absolute atomic E-state index is 0.103. The molecule has 1 amide bonds. The summed E-state index contributed by atoms with van der Waals surface area (Å²) in [5.41, 5.74) is 3.54. The van der Waals surface area contributed by atoms with Crippen LogP contribution in [-0.2, 0) is 18.3 Å². The largest absolute Gasteiger partial charge is 0.497 e. The number of aromatic nitrogens is 2. The molecule has 1 atom stereocenters. The Morgan fingerprint density at radius 1 is 1.24 bits per heavy atom. The summed E-state index contributed by atoms with van der Waals surface area (Å²) in [5, 5.41) is 7.30. The number of rotatable bonds is 8. The van der Waals surface area contributed by atoms with Gasteiger partial charge in [0, 0.05) is 25.4 Å². The fourth-order valence-electron chi connectivity index (χ4n) is 3.80. The third kappa shape index (κ3) is 5.28. The number of anilines is 1. The van der Waals surface area contributed by atoms with Crippen molar-refractivity contribution in [2.45, 2.75) is 6.42 Å². The Balaban J connectivity index is 1.53. The zero-order valence-corrected chi connectivity index (χ0v) is 19.5. The number of carbonyl (C=O) groups is 1. The number of benzene rings is 2. The van der Waals surface area contributed by atoms with E-state index in [2.05, 4.69) is 10.4 Å². The Labute approximate surface area is 194 Å². The molecular formula is C25H30N4O4. The minimum Gasteiger partial charge on any atom is -0.497 e. The Bertz CT molecular complexity index is 1130. The zero-order valence-electron chi connectivity index (χ0n) is 19.5. The molecule has 0 fully saturated rings. The van der Waals surface area contributed by atoms with Crippen molar-refractivity contribution in [1.82, 2.24) is 14.7 Å². The summed E-state index contributed by atoms with van der Waals surface area (Å²) in [4.78, 5) is 15.2. The van der Waals surface area contributed by atoms with Crippen LogP contribution >= 0.6 is 0 Å². The predicted molar refractivity (Wildman–Crippen MR) is 127 cm³/mol. The molecule has 0 aliphatic carbocycles. The van der Waals surface area contributed by atoms with E-state index < -0.39 is 0 Å². The third-order valence-electron chi connectivity index (χ3n) is 5.70. The lowest BCUT2D eigenvalue weighted by atomic mass is 9.95. The maximum atomic E-state index is 13.1. The summed E-state index contributed by atoms with van der Waals surface area (Å²) < 4.78 is 19.0. The number of aryl methyl sites for hydroxylation is 1. The number of likely N-dealkylation sites (N-methyl/N-ethyl adjacent to an activating group) is 1. The van der Waals surface area contributed by atoms with Gasteiger partial charge in [0.2, 0.25) is 5.91 Å². The van der Waals surface area contributed by atoms with Crippen molar-refractivity contribution in [2.24, 2.45) is 13.0 Å². The number of ether oxygens (including phenoxy) is 3. The normalized spacial score (nSPS) is 15.0. The number of amides is 1. The standard InChI is InChI=1S/C25H30N4O4/c1-28(2)11-12-32-24-15-17(22-9-10-26-29(22)3)5-7-21(24)27-25(30)19-13-18-14-20(31-4)6-8-23(18)33-16-19/h5-10,14-15,19H,11-13,16H2,1-4H3,(H,27,30). The molecule has 8 heteroatoms. The molecule has 0 bridgehead atoms. The van der Waals surface area contributed by atoms with Crippen LogP contribution in [0.25, 0.3) is 11.3 Å². The summed E-state index contributed by atoms with van der Waals surface area (Å²) in [6.07, 6.45) is 2.34. The lowest BCUT2D eigenvalue weighted by Crippen LogP contribution is -2.32. The second-order valence-corrected chi connectivity index (χ2v) is 8.38. The summed E-state index contributed by atoms with van der Waals surface area (Å²) in [5.74, 6) is 1.77. The van der Waals surface area contributed by atoms with Crippen LogP contribution in [0.2, 0.25) is 0 Å². The molecule has 33 heavy (non-hydrogen) atoms. The summed E-state index contributed by atoms with van der Waals surface area (Å²) >= 11 is 0. The molecular weight excluding hydrogens is 420 g/mol. The van der Waals surface area contributed by atoms with Gasteiger partial charge in [-0.2, -0.15) is 5.10 Å². The Kier molecular flexibility index (Phi) is 6.84. The van der Waals surface area contributed by atoms with Gasteiger partial charge in [-0.3, -0.25) is 9.48 Å². The Morgan fingerprint density at radius 2 is 2.09 bits per heavy atom. The SMILES string of the molecule is COc1ccc2c(c1)CC(C(=O)Nc1ccc(-c3ccnn3C)cc1OCCN(C)C)CO2. The van der Waals surface area contributed by atoms with E-state index in [-0.39, 0.29) is 11.8 Å². The molecule has 0 saturated heterocycles. The topological polar surface area (TPSA) is 77.8 Å². The fourth-order valence-corrected chi connectivity index (χ4v) is 3.80. The fraction of sp³-hybridized carbons (Fsp3) is 0.360. The van der Waals surface area contributed by atoms with Crippen LogP contribution < -0.4 is 19.5 Å². The lowest BCUT2D eigenvalue weighted by molar-refractivity contribution is -0.121. The first-order chi connectivity index (χ1) is 15.9. The van der Waals surface area contributed by atoms with Crippen molar-refractivity contribution in [3.05, 3.63) is 54.2 Å². The first-order valence-electron chi connectivity index (χ1n) is 10.9. The summed E-state index contributed by atoms with van der Waals surface area (Å²) in [6.45, 7) is 1.60. The summed E-state index contributed by atoms with van der Waals surface area (Å²) in [7, 11) is 7.51. The number of methoxy groups -OCH3 is 1. The molecule has 0 spiro atoms. The second kappa shape index (κ2) is 9.95. The van der Waals surface area contributed by atoms with E-state index in [0.717, 1.165) is 34.9 Å². The van der Waals surface area contributed by atoms with Crippen molar-refractivity contribution >= 4 is 11.6 Å². The van der Waals surface area contributed by atoms with Crippen LogP contribution in [0.5, 0.6) is 17.2 Å². The van der Waals surface area contributed by atoms with Crippen molar-refractivity contribution in [1.29, 1.82) is 0 Å². The highest BCUT2D eigenvalue weighted by Gasteiger charge is 2.27. The number of hydrogen-bond acceptors (Lipinski definition) is 6. The maximum Gasteiger partial charge on any atom is 0.231 e. The van der Waals surface area contributed by atoms with Gasteiger partial charge in [0.15, 0.2) is 0 Å². The van der Waals surface area contributed by atoms with E-state index in [0.29, 0.717) is 31.1 Å². The first kappa shape index (κ1) is 22.7. The van der Waals surface area contributed by atoms with Gasteiger partial charge in [0.05, 0.1) is 24.4 Å². The molecule has 4 rings (SSSR count). The van der Waals surface area contributed by atoms with Crippen LogP contribution in [0.15, 0.2) is 48.7 Å². The lowest BCUT2D eigenvalue weighted by Gasteiger charge is -2.25. The molecule has 174 valence electrons. The van der Waals surface area contributed by atoms with Crippen molar-refractivity contribution in [3.63, 3.8) is 0 Å². The summed E-state index contributed by atoms with van der Waals surface area (Å²) in [6, 6.07) is 13.4. The average Bonchev–Trinajstić information content (AvgIpc) is 3.24. The second-order valence-electron chi connectivity index (χ2n) is 8.38. The average molecular weight is 451 g/mol. The monoisotopic (exact) mass is 450 g/mol. The van der Waals surface area contributed by atoms with E-state index in [4.69, 9.17) is 14.2 Å². The van der Waals surface area contributed by atoms with Crippen molar-refractivity contribution in [2.75, 3.05) is 46.3 Å². The molecule has 0 saturated carbocycles. The number of nitrogens with zero attached hydrogens (tertiary/aromatic N) is 3. The van der Waals surface area contributed by atoms with E-state index in [1.54, 1.807) is 13.3 Å². The van der Waals surface area contributed by atoms with Gasteiger partial charge >= 0.3 is 0 Å². The molecule has 8 nitrogen and oxygen atoms in total. The van der Waals surface area contributed by atoms with Crippen LogP contribution in [0.1, 0.15) is 5.56 Å². The molecule has 3 aromatic rings. The van der Waals surface area contributed by atoms with Gasteiger partial charge in [-0.05, 0) is 62.5 Å². The van der Waals surface area contributed by atoms with Gasteiger partial charge < -0.3 is 24.4 Å². The maximum absolute atomic E-state index is 13.1. The van der Waals surface area contributed by atoms with E-state index in [9.17, 15) is 4.79 Å². The highest BCUT2D eigenvalue weighted by Crippen LogP contribution is 2.34. The zero-order chi connectivity index (χ0) is 23.4. The van der Waals surface area contributed by atoms with Crippen molar-refractivity contribution in [3.8, 4) is 28.5 Å². The molecule has 1 N–H and O–H groups in total. The Hall–Kier alpha value is -3.52. The van der Waals surface area contributed by atoms with Gasteiger partial charge in [-0.1, -0.05) is 6.07 Å². The van der Waals surface area contributed by atoms with Crippen LogP contribution in [-0.4, -0.2) is 61.6 Å². The number of hydrogen-bond donors (Lipinski definition) is 1. The smallest absolute Gasteiger partial charge is 0.231 e. The van der Waals surface area contributed by atoms with Gasteiger partial charge in [-0.25, -0.2) is 0 Å². The van der Waals surface area contributed by atoms with Gasteiger partial charge in [0.25, 0.3) is 0 Å². The molecule has 1 aromatic heterocycles. The molecule has 1 aliphatic rings. The van der Waals surface area contributed by atoms with E-state index in [1.165, 1.54) is 0 Å².